The summed E-state index contributed by atoms with van der Waals surface area (Å²) < 4.78 is 10.9. The molecule has 0 saturated carbocycles. The topological polar surface area (TPSA) is 75.7 Å². The Kier molecular flexibility index (Phi) is 6.61. The van der Waals surface area contributed by atoms with Gasteiger partial charge in [0.05, 0.1) is 19.3 Å². The highest BCUT2D eigenvalue weighted by atomic mass is 16.5. The predicted molar refractivity (Wildman–Crippen MR) is 87.5 cm³/mol. The molecule has 7 nitrogen and oxygen atoms in total. The second-order valence-corrected chi connectivity index (χ2v) is 5.80. The normalized spacial score (nSPS) is 21.7. The van der Waals surface area contributed by atoms with Crippen LogP contribution < -0.4 is 15.4 Å². The van der Waals surface area contributed by atoms with E-state index in [0.717, 1.165) is 25.2 Å². The molecule has 2 atom stereocenters. The van der Waals surface area contributed by atoms with Crippen LogP contribution in [0.5, 0.6) is 5.88 Å². The number of urea groups is 1. The Hall–Kier alpha value is -1.86. The molecule has 2 N–H and O–H groups in total. The van der Waals surface area contributed by atoms with E-state index in [1.165, 1.54) is 0 Å². The van der Waals surface area contributed by atoms with Gasteiger partial charge in [-0.2, -0.15) is 0 Å². The van der Waals surface area contributed by atoms with E-state index in [9.17, 15) is 4.79 Å². The Morgan fingerprint density at radius 3 is 2.83 bits per heavy atom. The van der Waals surface area contributed by atoms with Crippen molar-refractivity contribution in [2.45, 2.75) is 32.6 Å². The zero-order valence-electron chi connectivity index (χ0n) is 14.0. The first kappa shape index (κ1) is 17.5. The van der Waals surface area contributed by atoms with Crippen molar-refractivity contribution in [2.75, 3.05) is 33.3 Å². The van der Waals surface area contributed by atoms with Crippen molar-refractivity contribution in [1.29, 1.82) is 0 Å². The number of ether oxygens (including phenoxy) is 2. The van der Waals surface area contributed by atoms with Crippen LogP contribution in [0, 0.1) is 0 Å². The molecular weight excluding hydrogens is 296 g/mol. The Morgan fingerprint density at radius 2 is 2.13 bits per heavy atom. The fraction of sp³-hybridized carbons (Fsp3) is 0.625. The molecule has 0 spiro atoms. The van der Waals surface area contributed by atoms with Crippen LogP contribution in [0.2, 0.25) is 0 Å². The minimum Gasteiger partial charge on any atom is -0.481 e. The quantitative estimate of drug-likeness (QED) is 0.817. The highest BCUT2D eigenvalue weighted by molar-refractivity contribution is 5.73. The summed E-state index contributed by atoms with van der Waals surface area (Å²) in [6.45, 7) is 7.76. The van der Waals surface area contributed by atoms with Gasteiger partial charge >= 0.3 is 6.03 Å². The molecule has 0 bridgehead atoms. The lowest BCUT2D eigenvalue weighted by atomic mass is 10.2. The number of hydrogen-bond donors (Lipinski definition) is 2. The molecule has 1 aliphatic heterocycles. The van der Waals surface area contributed by atoms with E-state index >= 15 is 0 Å². The smallest absolute Gasteiger partial charge is 0.315 e. The summed E-state index contributed by atoms with van der Waals surface area (Å²) in [6, 6.07) is 3.51. The molecule has 1 aromatic rings. The van der Waals surface area contributed by atoms with Gasteiger partial charge in [-0.15, -0.1) is 0 Å². The number of amides is 2. The number of morpholine rings is 1. The van der Waals surface area contributed by atoms with Gasteiger partial charge in [0.15, 0.2) is 0 Å². The second-order valence-electron chi connectivity index (χ2n) is 5.80. The van der Waals surface area contributed by atoms with Crippen LogP contribution in [-0.2, 0) is 11.3 Å². The molecule has 1 fully saturated rings. The molecule has 0 radical (unpaired) electrons. The maximum atomic E-state index is 11.9. The fourth-order valence-electron chi connectivity index (χ4n) is 2.77. The number of hydrogen-bond acceptors (Lipinski definition) is 5. The average molecular weight is 322 g/mol. The van der Waals surface area contributed by atoms with Crippen molar-refractivity contribution >= 4 is 6.03 Å². The Balaban J connectivity index is 1.67. The van der Waals surface area contributed by atoms with E-state index in [2.05, 4.69) is 34.4 Å². The first-order valence-corrected chi connectivity index (χ1v) is 7.96. The number of rotatable bonds is 6. The SMILES string of the molecule is COc1ncccc1CNC(=O)NCCN1CC(C)OC(C)C1. The zero-order chi connectivity index (χ0) is 16.7. The van der Waals surface area contributed by atoms with Crippen molar-refractivity contribution in [3.8, 4) is 5.88 Å². The molecule has 0 aliphatic carbocycles. The molecule has 1 aromatic heterocycles. The third-order valence-corrected chi connectivity index (χ3v) is 3.69. The third-order valence-electron chi connectivity index (χ3n) is 3.69. The summed E-state index contributed by atoms with van der Waals surface area (Å²) in [4.78, 5) is 18.3. The van der Waals surface area contributed by atoms with Gasteiger partial charge in [-0.25, -0.2) is 9.78 Å². The summed E-state index contributed by atoms with van der Waals surface area (Å²) in [6.07, 6.45) is 2.14. The average Bonchev–Trinajstić information content (AvgIpc) is 2.52. The Labute approximate surface area is 137 Å². The van der Waals surface area contributed by atoms with E-state index in [1.807, 2.05) is 12.1 Å². The summed E-state index contributed by atoms with van der Waals surface area (Å²) >= 11 is 0. The first-order chi connectivity index (χ1) is 11.1. The lowest BCUT2D eigenvalue weighted by molar-refractivity contribution is -0.0672. The number of aromatic nitrogens is 1. The van der Waals surface area contributed by atoms with Crippen molar-refractivity contribution in [2.24, 2.45) is 0 Å². The van der Waals surface area contributed by atoms with Crippen LogP contribution in [0.3, 0.4) is 0 Å². The summed E-state index contributed by atoms with van der Waals surface area (Å²) in [5, 5.41) is 5.69. The lowest BCUT2D eigenvalue weighted by Gasteiger charge is -2.35. The summed E-state index contributed by atoms with van der Waals surface area (Å²) in [7, 11) is 1.57. The monoisotopic (exact) mass is 322 g/mol. The summed E-state index contributed by atoms with van der Waals surface area (Å²) in [5.41, 5.74) is 0.848. The van der Waals surface area contributed by atoms with Crippen LogP contribution in [0.4, 0.5) is 4.79 Å². The maximum Gasteiger partial charge on any atom is 0.315 e. The second kappa shape index (κ2) is 8.69. The van der Waals surface area contributed by atoms with Crippen LogP contribution in [0.15, 0.2) is 18.3 Å². The molecule has 0 aromatic carbocycles. The molecule has 2 amide bonds. The number of pyridine rings is 1. The van der Waals surface area contributed by atoms with E-state index in [-0.39, 0.29) is 18.2 Å². The fourth-order valence-corrected chi connectivity index (χ4v) is 2.77. The van der Waals surface area contributed by atoms with Crippen LogP contribution in [-0.4, -0.2) is 61.4 Å². The van der Waals surface area contributed by atoms with Gasteiger partial charge in [0.2, 0.25) is 5.88 Å². The standard InChI is InChI=1S/C16H26N4O3/c1-12-10-20(11-13(2)23-12)8-7-18-16(21)19-9-14-5-4-6-17-15(14)22-3/h4-6,12-13H,7-11H2,1-3H3,(H2,18,19,21). The predicted octanol–water partition coefficient (Wildman–Crippen LogP) is 0.999. The van der Waals surface area contributed by atoms with E-state index in [0.29, 0.717) is 19.0 Å². The maximum absolute atomic E-state index is 11.9. The largest absolute Gasteiger partial charge is 0.481 e. The minimum absolute atomic E-state index is 0.190. The number of methoxy groups -OCH3 is 1. The zero-order valence-corrected chi connectivity index (χ0v) is 14.0. The van der Waals surface area contributed by atoms with Crippen molar-refractivity contribution < 1.29 is 14.3 Å². The minimum atomic E-state index is -0.190. The molecule has 1 aliphatic rings. The Bertz CT molecular complexity index is 502. The highest BCUT2D eigenvalue weighted by Crippen LogP contribution is 2.12. The number of nitrogens with zero attached hydrogens (tertiary/aromatic N) is 2. The number of nitrogens with one attached hydrogen (secondary N) is 2. The van der Waals surface area contributed by atoms with E-state index < -0.39 is 0 Å². The molecular formula is C16H26N4O3. The molecule has 2 rings (SSSR count). The van der Waals surface area contributed by atoms with Crippen LogP contribution in [0.1, 0.15) is 19.4 Å². The molecule has 1 saturated heterocycles. The lowest BCUT2D eigenvalue weighted by Crippen LogP contribution is -2.48. The van der Waals surface area contributed by atoms with Gasteiger partial charge in [0.25, 0.3) is 0 Å². The first-order valence-electron chi connectivity index (χ1n) is 7.96. The van der Waals surface area contributed by atoms with Gasteiger partial charge in [-0.05, 0) is 19.9 Å². The molecule has 23 heavy (non-hydrogen) atoms. The van der Waals surface area contributed by atoms with E-state index in [4.69, 9.17) is 9.47 Å². The van der Waals surface area contributed by atoms with Crippen LogP contribution in [0.25, 0.3) is 0 Å². The molecule has 7 heteroatoms. The number of carbonyl (C=O) groups excluding carboxylic acids is 1. The van der Waals surface area contributed by atoms with Crippen molar-refractivity contribution in [1.82, 2.24) is 20.5 Å². The van der Waals surface area contributed by atoms with Gasteiger partial charge < -0.3 is 20.1 Å². The van der Waals surface area contributed by atoms with Crippen LogP contribution >= 0.6 is 0 Å². The number of carbonyl (C=O) groups is 1. The molecule has 2 heterocycles. The van der Waals surface area contributed by atoms with Gasteiger partial charge in [0.1, 0.15) is 0 Å². The van der Waals surface area contributed by atoms with Crippen molar-refractivity contribution in [3.05, 3.63) is 23.9 Å². The van der Waals surface area contributed by atoms with Gasteiger partial charge in [-0.1, -0.05) is 6.07 Å². The Morgan fingerprint density at radius 1 is 1.39 bits per heavy atom. The highest BCUT2D eigenvalue weighted by Gasteiger charge is 2.21. The van der Waals surface area contributed by atoms with Crippen molar-refractivity contribution in [3.63, 3.8) is 0 Å². The van der Waals surface area contributed by atoms with Gasteiger partial charge in [0, 0.05) is 44.5 Å². The van der Waals surface area contributed by atoms with Gasteiger partial charge in [-0.3, -0.25) is 4.90 Å². The summed E-state index contributed by atoms with van der Waals surface area (Å²) in [5.74, 6) is 0.532. The molecule has 128 valence electrons. The third kappa shape index (κ3) is 5.69. The molecule has 2 unspecified atom stereocenters. The van der Waals surface area contributed by atoms with E-state index in [1.54, 1.807) is 13.3 Å².